The first-order valence-electron chi connectivity index (χ1n) is 9.13. The summed E-state index contributed by atoms with van der Waals surface area (Å²) in [6, 6.07) is 0. The van der Waals surface area contributed by atoms with Gasteiger partial charge in [-0.15, -0.1) is 0 Å². The number of fused-ring (bicyclic) bond motifs is 1. The average Bonchev–Trinajstić information content (AvgIpc) is 2.55. The Morgan fingerprint density at radius 3 is 2.62 bits per heavy atom. The van der Waals surface area contributed by atoms with Gasteiger partial charge in [0, 0.05) is 11.0 Å². The van der Waals surface area contributed by atoms with Crippen molar-refractivity contribution in [3.8, 4) is 0 Å². The Kier molecular flexibility index (Phi) is 5.92. The van der Waals surface area contributed by atoms with Gasteiger partial charge >= 0.3 is 5.97 Å². The standard InChI is InChI=1S/C20H32O4/c1-14-7-10-20(3)16(18(23)24)5-4-6-17(20)19(14,2)11-8-15(13-22)9-12-21/h5,9,14,17,21-22H,4,6-8,10-13H2,1-3H3,(H,23,24)/b15-9-/t14-,17-,19+,20+/m0/s1. The first-order chi connectivity index (χ1) is 11.3. The highest BCUT2D eigenvalue weighted by atomic mass is 16.4. The van der Waals surface area contributed by atoms with Crippen LogP contribution in [0, 0.1) is 22.7 Å². The summed E-state index contributed by atoms with van der Waals surface area (Å²) in [7, 11) is 0. The molecule has 0 aromatic heterocycles. The van der Waals surface area contributed by atoms with Crippen molar-refractivity contribution in [3.63, 3.8) is 0 Å². The number of aliphatic hydroxyl groups is 2. The normalized spacial score (nSPS) is 36.9. The Labute approximate surface area is 145 Å². The smallest absolute Gasteiger partial charge is 0.331 e. The van der Waals surface area contributed by atoms with Gasteiger partial charge in [0.1, 0.15) is 0 Å². The van der Waals surface area contributed by atoms with Gasteiger partial charge in [0.05, 0.1) is 13.2 Å². The highest BCUT2D eigenvalue weighted by Gasteiger charge is 2.55. The molecule has 0 amide bonds. The summed E-state index contributed by atoms with van der Waals surface area (Å²) in [5, 5.41) is 28.2. The van der Waals surface area contributed by atoms with Crippen LogP contribution < -0.4 is 0 Å². The molecular weight excluding hydrogens is 304 g/mol. The number of hydrogen-bond donors (Lipinski definition) is 3. The van der Waals surface area contributed by atoms with Crippen molar-refractivity contribution in [2.75, 3.05) is 13.2 Å². The van der Waals surface area contributed by atoms with E-state index >= 15 is 0 Å². The molecule has 1 saturated carbocycles. The van der Waals surface area contributed by atoms with E-state index in [1.54, 1.807) is 6.08 Å². The van der Waals surface area contributed by atoms with Crippen molar-refractivity contribution in [3.05, 3.63) is 23.3 Å². The van der Waals surface area contributed by atoms with Gasteiger partial charge in [0.2, 0.25) is 0 Å². The van der Waals surface area contributed by atoms with Crippen molar-refractivity contribution < 1.29 is 20.1 Å². The lowest BCUT2D eigenvalue weighted by atomic mass is 9.46. The van der Waals surface area contributed by atoms with Crippen molar-refractivity contribution >= 4 is 5.97 Å². The quantitative estimate of drug-likeness (QED) is 0.648. The molecule has 24 heavy (non-hydrogen) atoms. The van der Waals surface area contributed by atoms with Gasteiger partial charge in [-0.1, -0.05) is 32.9 Å². The Bertz CT molecular complexity index is 536. The fourth-order valence-corrected chi connectivity index (χ4v) is 5.25. The zero-order valence-corrected chi connectivity index (χ0v) is 15.2. The third-order valence-electron chi connectivity index (χ3n) is 7.00. The zero-order valence-electron chi connectivity index (χ0n) is 15.2. The van der Waals surface area contributed by atoms with E-state index in [0.29, 0.717) is 17.4 Å². The van der Waals surface area contributed by atoms with E-state index in [1.165, 1.54) is 0 Å². The van der Waals surface area contributed by atoms with Crippen LogP contribution in [0.1, 0.15) is 59.3 Å². The molecule has 4 nitrogen and oxygen atoms in total. The van der Waals surface area contributed by atoms with Crippen molar-refractivity contribution in [2.24, 2.45) is 22.7 Å². The van der Waals surface area contributed by atoms with Crippen LogP contribution in [0.5, 0.6) is 0 Å². The minimum Gasteiger partial charge on any atom is -0.478 e. The van der Waals surface area contributed by atoms with Gasteiger partial charge in [-0.3, -0.25) is 0 Å². The molecule has 2 rings (SSSR count). The first-order valence-corrected chi connectivity index (χ1v) is 9.13. The summed E-state index contributed by atoms with van der Waals surface area (Å²) in [6.07, 6.45) is 9.15. The molecule has 0 aromatic carbocycles. The maximum absolute atomic E-state index is 11.8. The average molecular weight is 336 g/mol. The maximum atomic E-state index is 11.8. The second-order valence-electron chi connectivity index (χ2n) is 8.12. The van der Waals surface area contributed by atoms with Crippen molar-refractivity contribution in [1.29, 1.82) is 0 Å². The second-order valence-corrected chi connectivity index (χ2v) is 8.12. The molecule has 0 aromatic rings. The topological polar surface area (TPSA) is 77.8 Å². The Morgan fingerprint density at radius 1 is 1.33 bits per heavy atom. The number of hydrogen-bond acceptors (Lipinski definition) is 3. The van der Waals surface area contributed by atoms with E-state index in [1.807, 2.05) is 6.08 Å². The summed E-state index contributed by atoms with van der Waals surface area (Å²) in [4.78, 5) is 11.8. The minimum absolute atomic E-state index is 0.0206. The molecule has 0 bridgehead atoms. The Morgan fingerprint density at radius 2 is 2.04 bits per heavy atom. The molecular formula is C20H32O4. The van der Waals surface area contributed by atoms with Crippen LogP contribution in [0.25, 0.3) is 0 Å². The molecule has 0 heterocycles. The fraction of sp³-hybridized carbons (Fsp3) is 0.750. The number of rotatable bonds is 6. The van der Waals surface area contributed by atoms with Crippen LogP contribution in [-0.4, -0.2) is 34.5 Å². The van der Waals surface area contributed by atoms with Crippen LogP contribution in [0.4, 0.5) is 0 Å². The number of carbonyl (C=O) groups is 1. The predicted octanol–water partition coefficient (Wildman–Crippen LogP) is 3.54. The molecule has 0 aliphatic heterocycles. The number of aliphatic hydroxyl groups excluding tert-OH is 2. The van der Waals surface area contributed by atoms with Crippen LogP contribution in [0.2, 0.25) is 0 Å². The van der Waals surface area contributed by atoms with E-state index < -0.39 is 5.97 Å². The molecule has 4 atom stereocenters. The zero-order chi connectivity index (χ0) is 18.0. The molecule has 0 saturated heterocycles. The van der Waals surface area contributed by atoms with Gasteiger partial charge in [-0.25, -0.2) is 4.79 Å². The maximum Gasteiger partial charge on any atom is 0.331 e. The van der Waals surface area contributed by atoms with Crippen molar-refractivity contribution in [2.45, 2.75) is 59.3 Å². The minimum atomic E-state index is -0.768. The van der Waals surface area contributed by atoms with E-state index in [4.69, 9.17) is 5.11 Å². The highest BCUT2D eigenvalue weighted by Crippen LogP contribution is 2.62. The lowest BCUT2D eigenvalue weighted by Gasteiger charge is -2.57. The van der Waals surface area contributed by atoms with E-state index in [9.17, 15) is 15.0 Å². The third-order valence-corrected chi connectivity index (χ3v) is 7.00. The Balaban J connectivity index is 2.29. The number of aliphatic carboxylic acids is 1. The van der Waals surface area contributed by atoms with Gasteiger partial charge < -0.3 is 15.3 Å². The van der Waals surface area contributed by atoms with Crippen molar-refractivity contribution in [1.82, 2.24) is 0 Å². The van der Waals surface area contributed by atoms with Crippen LogP contribution in [-0.2, 0) is 4.79 Å². The van der Waals surface area contributed by atoms with E-state index in [2.05, 4.69) is 20.8 Å². The lowest BCUT2D eigenvalue weighted by molar-refractivity contribution is -0.137. The lowest BCUT2D eigenvalue weighted by Crippen LogP contribution is -2.51. The monoisotopic (exact) mass is 336 g/mol. The Hall–Kier alpha value is -1.13. The van der Waals surface area contributed by atoms with Crippen LogP contribution in [0.15, 0.2) is 23.3 Å². The largest absolute Gasteiger partial charge is 0.478 e. The number of carboxylic acid groups (broad SMARTS) is 1. The molecule has 0 unspecified atom stereocenters. The van der Waals surface area contributed by atoms with E-state index in [0.717, 1.165) is 44.1 Å². The predicted molar refractivity (Wildman–Crippen MR) is 94.5 cm³/mol. The van der Waals surface area contributed by atoms with E-state index in [-0.39, 0.29) is 24.0 Å². The van der Waals surface area contributed by atoms with Gasteiger partial charge in [0.15, 0.2) is 0 Å². The summed E-state index contributed by atoms with van der Waals surface area (Å²) in [5.41, 5.74) is 1.27. The van der Waals surface area contributed by atoms with Gasteiger partial charge in [-0.05, 0) is 61.3 Å². The fourth-order valence-electron chi connectivity index (χ4n) is 5.25. The molecule has 4 heteroatoms. The van der Waals surface area contributed by atoms with Crippen LogP contribution >= 0.6 is 0 Å². The second kappa shape index (κ2) is 7.40. The SMILES string of the molecule is C[C@H]1CC[C@]2(C)C(C(=O)O)=CCC[C@H]2[C@]1(C)CC/C(=C/CO)CO. The number of allylic oxidation sites excluding steroid dienone is 1. The van der Waals surface area contributed by atoms with Crippen LogP contribution in [0.3, 0.4) is 0 Å². The molecule has 2 aliphatic rings. The highest BCUT2D eigenvalue weighted by molar-refractivity contribution is 5.88. The molecule has 1 fully saturated rings. The summed E-state index contributed by atoms with van der Waals surface area (Å²) >= 11 is 0. The third kappa shape index (κ3) is 3.31. The molecule has 0 spiro atoms. The van der Waals surface area contributed by atoms with Gasteiger partial charge in [0.25, 0.3) is 0 Å². The summed E-state index contributed by atoms with van der Waals surface area (Å²) in [6.45, 7) is 6.66. The molecule has 136 valence electrons. The summed E-state index contributed by atoms with van der Waals surface area (Å²) < 4.78 is 0. The first kappa shape index (κ1) is 19.2. The molecule has 2 aliphatic carbocycles. The molecule has 0 radical (unpaired) electrons. The summed E-state index contributed by atoms with van der Waals surface area (Å²) in [5.74, 6) is 0.104. The number of carboxylic acids is 1. The van der Waals surface area contributed by atoms with Gasteiger partial charge in [-0.2, -0.15) is 0 Å². The molecule has 3 N–H and O–H groups in total.